The molecule has 1 rings (SSSR count). The van der Waals surface area contributed by atoms with E-state index in [0.29, 0.717) is 21.4 Å². The third-order valence-corrected chi connectivity index (χ3v) is 3.95. The van der Waals surface area contributed by atoms with E-state index in [9.17, 15) is 9.59 Å². The van der Waals surface area contributed by atoms with Gasteiger partial charge in [-0.3, -0.25) is 0 Å². The van der Waals surface area contributed by atoms with Crippen LogP contribution in [0, 0.1) is 0 Å². The van der Waals surface area contributed by atoms with E-state index in [1.807, 2.05) is 0 Å². The summed E-state index contributed by atoms with van der Waals surface area (Å²) in [4.78, 5) is 22.6. The third kappa shape index (κ3) is 4.12. The van der Waals surface area contributed by atoms with E-state index in [2.05, 4.69) is 16.5 Å². The van der Waals surface area contributed by atoms with Crippen LogP contribution in [0.25, 0.3) is 0 Å². The summed E-state index contributed by atoms with van der Waals surface area (Å²) in [5.74, 6) is 0.954. The number of carbonyl (C=O) groups is 2. The Bertz CT molecular complexity index is 254. The fourth-order valence-corrected chi connectivity index (χ4v) is 2.66. The Labute approximate surface area is 102 Å². The van der Waals surface area contributed by atoms with E-state index in [1.54, 1.807) is 0 Å². The number of nitrogens with one attached hydrogen (secondary N) is 2. The molecule has 0 saturated carbocycles. The molecule has 1 fully saturated rings. The van der Waals surface area contributed by atoms with Crippen molar-refractivity contribution in [3.63, 3.8) is 0 Å². The number of carboxylic acid groups (broad SMARTS) is 1. The molecule has 1 heterocycles. The first kappa shape index (κ1) is 13.5. The van der Waals surface area contributed by atoms with Gasteiger partial charge in [-0.25, -0.2) is 0 Å². The van der Waals surface area contributed by atoms with Crippen molar-refractivity contribution in [1.82, 2.24) is 10.6 Å². The predicted molar refractivity (Wildman–Crippen MR) is 61.6 cm³/mol. The maximum atomic E-state index is 11.7. The van der Waals surface area contributed by atoms with Crippen molar-refractivity contribution in [3.05, 3.63) is 0 Å². The van der Waals surface area contributed by atoms with E-state index >= 15 is 0 Å². The normalized spacial score (nSPS) is 21.7. The van der Waals surface area contributed by atoms with Crippen LogP contribution in [-0.4, -0.2) is 50.6 Å². The van der Waals surface area contributed by atoms with Gasteiger partial charge in [0.1, 0.15) is 0 Å². The Morgan fingerprint density at radius 2 is 2.38 bits per heavy atom. The van der Waals surface area contributed by atoms with Crippen LogP contribution in [0.4, 0.5) is 0 Å². The zero-order valence-corrected chi connectivity index (χ0v) is 11.1. The number of carbonyl (C=O) groups excluding carboxylic acids is 1. The quantitative estimate of drug-likeness (QED) is 0.596. The molecule has 1 aliphatic heterocycles. The monoisotopic (exact) mass is 294 g/mol. The van der Waals surface area contributed by atoms with Gasteiger partial charge in [0.05, 0.1) is 0 Å². The zero-order valence-electron chi connectivity index (χ0n) is 9.36. The summed E-state index contributed by atoms with van der Waals surface area (Å²) < 4.78 is 0. The van der Waals surface area contributed by atoms with Crippen LogP contribution in [0.2, 0.25) is 11.1 Å². The average Bonchev–Trinajstić information content (AvgIpc) is 2.76. The van der Waals surface area contributed by atoms with Crippen molar-refractivity contribution in [2.45, 2.75) is 42.5 Å². The van der Waals surface area contributed by atoms with Gasteiger partial charge in [0.2, 0.25) is 0 Å². The van der Waals surface area contributed by atoms with Gasteiger partial charge in [-0.05, 0) is 0 Å². The second kappa shape index (κ2) is 6.89. The molecule has 1 amide bonds. The molecule has 3 N–H and O–H groups in total. The van der Waals surface area contributed by atoms with Crippen LogP contribution >= 0.6 is 0 Å². The van der Waals surface area contributed by atoms with Gasteiger partial charge in [0.25, 0.3) is 0 Å². The molecule has 0 spiro atoms. The van der Waals surface area contributed by atoms with Gasteiger partial charge in [-0.1, -0.05) is 0 Å². The molecule has 5 nitrogen and oxygen atoms in total. The van der Waals surface area contributed by atoms with Gasteiger partial charge >= 0.3 is 101 Å². The number of carboxylic acids is 1. The Morgan fingerprint density at radius 1 is 1.62 bits per heavy atom. The van der Waals surface area contributed by atoms with Crippen LogP contribution in [0.3, 0.4) is 0 Å². The molecule has 0 unspecified atom stereocenters. The standard InChI is InChI=1S/C10H18N2O3Se/c1-16-6-4-8(10(14)15)12-9(13)7-3-2-5-11-7/h7-8,11H,2-6H2,1H3,(H,12,13)(H,14,15)/t7-,8-/m0/s1. The van der Waals surface area contributed by atoms with Crippen LogP contribution in [-0.2, 0) is 9.59 Å². The molecular weight excluding hydrogens is 275 g/mol. The summed E-state index contributed by atoms with van der Waals surface area (Å²) in [5, 5.41) is 15.5. The fraction of sp³-hybridized carbons (Fsp3) is 0.800. The summed E-state index contributed by atoms with van der Waals surface area (Å²) in [6.45, 7) is 0.841. The second-order valence-corrected chi connectivity index (χ2v) is 5.90. The molecule has 92 valence electrons. The van der Waals surface area contributed by atoms with Crippen molar-refractivity contribution >= 4 is 26.8 Å². The maximum absolute atomic E-state index is 11.7. The van der Waals surface area contributed by atoms with Crippen molar-refractivity contribution in [2.75, 3.05) is 6.54 Å². The van der Waals surface area contributed by atoms with Gasteiger partial charge in [-0.15, -0.1) is 0 Å². The topological polar surface area (TPSA) is 78.4 Å². The number of amides is 1. The molecule has 0 aromatic rings. The molecule has 16 heavy (non-hydrogen) atoms. The van der Waals surface area contributed by atoms with Crippen molar-refractivity contribution in [3.8, 4) is 0 Å². The molecule has 1 aliphatic rings. The minimum atomic E-state index is -0.935. The van der Waals surface area contributed by atoms with E-state index in [4.69, 9.17) is 5.11 Å². The van der Waals surface area contributed by atoms with Gasteiger partial charge in [0.15, 0.2) is 0 Å². The Kier molecular flexibility index (Phi) is 5.80. The molecule has 0 aromatic carbocycles. The van der Waals surface area contributed by atoms with Gasteiger partial charge < -0.3 is 0 Å². The molecule has 1 saturated heterocycles. The first-order valence-electron chi connectivity index (χ1n) is 5.40. The zero-order chi connectivity index (χ0) is 12.0. The van der Waals surface area contributed by atoms with Crippen molar-refractivity contribution < 1.29 is 14.7 Å². The van der Waals surface area contributed by atoms with Crippen molar-refractivity contribution in [2.24, 2.45) is 0 Å². The first-order valence-corrected chi connectivity index (χ1v) is 8.33. The third-order valence-electron chi connectivity index (χ3n) is 2.60. The minimum absolute atomic E-state index is 0.173. The Balaban J connectivity index is 2.40. The summed E-state index contributed by atoms with van der Waals surface area (Å²) in [7, 11) is 0. The van der Waals surface area contributed by atoms with Crippen LogP contribution < -0.4 is 10.6 Å². The molecular formula is C10H18N2O3Se. The fourth-order valence-electron chi connectivity index (χ4n) is 1.67. The average molecular weight is 293 g/mol. The summed E-state index contributed by atoms with van der Waals surface area (Å²) >= 11 is 0.448. The van der Waals surface area contributed by atoms with Crippen molar-refractivity contribution in [1.29, 1.82) is 0 Å². The van der Waals surface area contributed by atoms with E-state index in [0.717, 1.165) is 24.7 Å². The van der Waals surface area contributed by atoms with E-state index < -0.39 is 12.0 Å². The molecule has 0 radical (unpaired) electrons. The van der Waals surface area contributed by atoms with E-state index in [-0.39, 0.29) is 11.9 Å². The SMILES string of the molecule is C[Se]CC[C@H](NC(=O)[C@@H]1CCCN1)C(=O)O. The van der Waals surface area contributed by atoms with Crippen LogP contribution in [0.5, 0.6) is 0 Å². The number of rotatable bonds is 6. The molecule has 2 atom stereocenters. The Morgan fingerprint density at radius 3 is 2.88 bits per heavy atom. The van der Waals surface area contributed by atoms with Gasteiger partial charge in [0, 0.05) is 0 Å². The molecule has 6 heteroatoms. The Hall–Kier alpha value is -0.581. The molecule has 0 bridgehead atoms. The molecule has 0 aliphatic carbocycles. The van der Waals surface area contributed by atoms with Crippen LogP contribution in [0.1, 0.15) is 19.3 Å². The van der Waals surface area contributed by atoms with Gasteiger partial charge in [-0.2, -0.15) is 0 Å². The predicted octanol–water partition coefficient (Wildman–Crippen LogP) is -0.131. The number of aliphatic carboxylic acids is 1. The van der Waals surface area contributed by atoms with Crippen LogP contribution in [0.15, 0.2) is 0 Å². The van der Waals surface area contributed by atoms with E-state index in [1.165, 1.54) is 0 Å². The molecule has 0 aromatic heterocycles. The summed E-state index contributed by atoms with van der Waals surface area (Å²) in [6.07, 6.45) is 2.31. The number of hydrogen-bond acceptors (Lipinski definition) is 3. The second-order valence-electron chi connectivity index (χ2n) is 3.83. The first-order chi connectivity index (χ1) is 7.65. The number of hydrogen-bond donors (Lipinski definition) is 3. The summed E-state index contributed by atoms with van der Waals surface area (Å²) in [6, 6.07) is -0.925. The summed E-state index contributed by atoms with van der Waals surface area (Å²) in [5.41, 5.74) is 0.